The van der Waals surface area contributed by atoms with E-state index in [1.807, 2.05) is 51.1 Å². The minimum Gasteiger partial charge on any atom is -0.508 e. The van der Waals surface area contributed by atoms with Gasteiger partial charge < -0.3 is 25.4 Å². The lowest BCUT2D eigenvalue weighted by atomic mass is 9.99. The maximum atomic E-state index is 14.3. The largest absolute Gasteiger partial charge is 0.508 e. The molecule has 4 atom stereocenters. The molecule has 0 spiro atoms. The van der Waals surface area contributed by atoms with E-state index in [9.17, 15) is 19.5 Å². The van der Waals surface area contributed by atoms with Gasteiger partial charge in [0.1, 0.15) is 23.4 Å². The highest BCUT2D eigenvalue weighted by Crippen LogP contribution is 2.41. The Labute approximate surface area is 219 Å². The number of carbonyl (C=O) groups is 3. The lowest BCUT2D eigenvalue weighted by Gasteiger charge is -2.35. The van der Waals surface area contributed by atoms with E-state index in [2.05, 4.69) is 10.6 Å². The number of benzene rings is 2. The number of phenolic OH excluding ortho intramolecular Hbond substituents is 1. The Bertz CT molecular complexity index is 1080. The summed E-state index contributed by atoms with van der Waals surface area (Å²) in [5, 5.41) is 15.4. The fraction of sp³-hybridized carbons (Fsp3) is 0.483. The summed E-state index contributed by atoms with van der Waals surface area (Å²) in [6, 6.07) is 13.6. The van der Waals surface area contributed by atoms with Crippen LogP contribution in [0, 0.1) is 5.92 Å². The van der Waals surface area contributed by atoms with Gasteiger partial charge in [-0.25, -0.2) is 4.79 Å². The Hall–Kier alpha value is -3.55. The molecular formula is C29H39N3O5. The Morgan fingerprint density at radius 2 is 1.62 bits per heavy atom. The zero-order valence-corrected chi connectivity index (χ0v) is 22.5. The van der Waals surface area contributed by atoms with Crippen molar-refractivity contribution in [2.75, 3.05) is 0 Å². The van der Waals surface area contributed by atoms with Crippen LogP contribution in [0.15, 0.2) is 54.6 Å². The summed E-state index contributed by atoms with van der Waals surface area (Å²) in [4.78, 5) is 42.2. The van der Waals surface area contributed by atoms with E-state index < -0.39 is 23.8 Å². The molecule has 1 aliphatic carbocycles. The standard InChI is InChI=1S/C29H39N3O5/c1-18(2)30-26(34)25(21-10-8-7-9-11-21)32(24-16-19(24)3)27(35)23(31-28(36)37-29(4,5)6)17-20-12-14-22(33)15-13-20/h7-15,18-19,23-25,33H,16-17H2,1-6H3,(H,30,34)(H,31,36). The molecule has 1 fully saturated rings. The number of nitrogens with zero attached hydrogens (tertiary/aromatic N) is 1. The van der Waals surface area contributed by atoms with Gasteiger partial charge in [-0.1, -0.05) is 49.4 Å². The van der Waals surface area contributed by atoms with Crippen LogP contribution in [0.5, 0.6) is 5.75 Å². The average Bonchev–Trinajstić information content (AvgIpc) is 3.52. The van der Waals surface area contributed by atoms with Crippen molar-refractivity contribution in [3.63, 3.8) is 0 Å². The fourth-order valence-electron chi connectivity index (χ4n) is 4.31. The lowest BCUT2D eigenvalue weighted by Crippen LogP contribution is -2.55. The van der Waals surface area contributed by atoms with E-state index >= 15 is 0 Å². The number of aromatic hydroxyl groups is 1. The predicted molar refractivity (Wildman–Crippen MR) is 142 cm³/mol. The maximum Gasteiger partial charge on any atom is 0.408 e. The molecule has 0 aromatic heterocycles. The van der Waals surface area contributed by atoms with Crippen molar-refractivity contribution in [2.45, 2.75) is 84.2 Å². The van der Waals surface area contributed by atoms with Crippen LogP contribution in [0.1, 0.15) is 65.1 Å². The van der Waals surface area contributed by atoms with Gasteiger partial charge in [0.25, 0.3) is 0 Å². The molecule has 37 heavy (non-hydrogen) atoms. The van der Waals surface area contributed by atoms with Crippen molar-refractivity contribution in [1.29, 1.82) is 0 Å². The van der Waals surface area contributed by atoms with Crippen LogP contribution < -0.4 is 10.6 Å². The number of alkyl carbamates (subject to hydrolysis) is 1. The SMILES string of the molecule is CC(C)NC(=O)C(c1ccccc1)N(C(=O)C(Cc1ccc(O)cc1)NC(=O)OC(C)(C)C)C1CC1C. The van der Waals surface area contributed by atoms with Crippen LogP contribution in [0.2, 0.25) is 0 Å². The van der Waals surface area contributed by atoms with Gasteiger partial charge in [0.15, 0.2) is 0 Å². The van der Waals surface area contributed by atoms with E-state index in [0.717, 1.165) is 12.0 Å². The molecule has 0 heterocycles. The third kappa shape index (κ3) is 7.97. The minimum absolute atomic E-state index is 0.106. The molecule has 8 heteroatoms. The summed E-state index contributed by atoms with van der Waals surface area (Å²) < 4.78 is 5.46. The maximum absolute atomic E-state index is 14.3. The fourth-order valence-corrected chi connectivity index (χ4v) is 4.31. The molecule has 1 aliphatic rings. The molecular weight excluding hydrogens is 470 g/mol. The molecule has 0 aliphatic heterocycles. The highest BCUT2D eigenvalue weighted by atomic mass is 16.6. The Balaban J connectivity index is 2.01. The van der Waals surface area contributed by atoms with E-state index in [1.165, 1.54) is 12.1 Å². The van der Waals surface area contributed by atoms with Gasteiger partial charge in [-0.05, 0) is 70.2 Å². The molecule has 0 radical (unpaired) electrons. The van der Waals surface area contributed by atoms with Gasteiger partial charge in [-0.2, -0.15) is 0 Å². The zero-order valence-electron chi connectivity index (χ0n) is 22.5. The molecule has 3 rings (SSSR count). The topological polar surface area (TPSA) is 108 Å². The van der Waals surface area contributed by atoms with Gasteiger partial charge in [0.2, 0.25) is 11.8 Å². The second-order valence-electron chi connectivity index (χ2n) is 11.1. The predicted octanol–water partition coefficient (Wildman–Crippen LogP) is 4.33. The number of nitrogens with one attached hydrogen (secondary N) is 2. The average molecular weight is 510 g/mol. The molecule has 3 N–H and O–H groups in total. The molecule has 2 aromatic carbocycles. The van der Waals surface area contributed by atoms with E-state index in [0.29, 0.717) is 5.56 Å². The highest BCUT2D eigenvalue weighted by molar-refractivity contribution is 5.93. The van der Waals surface area contributed by atoms with Crippen molar-refractivity contribution < 1.29 is 24.2 Å². The summed E-state index contributed by atoms with van der Waals surface area (Å²) in [5.41, 5.74) is 0.706. The van der Waals surface area contributed by atoms with Gasteiger partial charge in [0, 0.05) is 18.5 Å². The first-order valence-electron chi connectivity index (χ1n) is 12.8. The first-order valence-corrected chi connectivity index (χ1v) is 12.8. The highest BCUT2D eigenvalue weighted by Gasteiger charge is 2.48. The number of amides is 3. The minimum atomic E-state index is -0.981. The Morgan fingerprint density at radius 1 is 1.03 bits per heavy atom. The summed E-state index contributed by atoms with van der Waals surface area (Å²) in [7, 11) is 0. The number of rotatable bonds is 9. The molecule has 3 amide bonds. The van der Waals surface area contributed by atoms with Crippen LogP contribution in [-0.4, -0.2) is 51.6 Å². The number of phenols is 1. The second kappa shape index (κ2) is 11.7. The van der Waals surface area contributed by atoms with Gasteiger partial charge >= 0.3 is 6.09 Å². The lowest BCUT2D eigenvalue weighted by molar-refractivity contribution is -0.143. The van der Waals surface area contributed by atoms with Crippen LogP contribution in [0.3, 0.4) is 0 Å². The van der Waals surface area contributed by atoms with Gasteiger partial charge in [0.05, 0.1) is 0 Å². The van der Waals surface area contributed by atoms with Gasteiger partial charge in [-0.3, -0.25) is 9.59 Å². The second-order valence-corrected chi connectivity index (χ2v) is 11.1. The Kier molecular flexibility index (Phi) is 8.84. The summed E-state index contributed by atoms with van der Waals surface area (Å²) in [6.45, 7) is 11.1. The first-order chi connectivity index (χ1) is 17.4. The normalized spacial score (nSPS) is 18.5. The van der Waals surface area contributed by atoms with Gasteiger partial charge in [-0.15, -0.1) is 0 Å². The van der Waals surface area contributed by atoms with E-state index in [-0.39, 0.29) is 42.0 Å². The molecule has 4 unspecified atom stereocenters. The monoisotopic (exact) mass is 509 g/mol. The van der Waals surface area contributed by atoms with Crippen molar-refractivity contribution in [3.05, 3.63) is 65.7 Å². The molecule has 2 aromatic rings. The van der Waals surface area contributed by atoms with Crippen molar-refractivity contribution >= 4 is 17.9 Å². The number of ether oxygens (including phenoxy) is 1. The Morgan fingerprint density at radius 3 is 2.14 bits per heavy atom. The summed E-state index contributed by atoms with van der Waals surface area (Å²) in [5.74, 6) is -0.303. The summed E-state index contributed by atoms with van der Waals surface area (Å²) >= 11 is 0. The zero-order chi connectivity index (χ0) is 27.3. The van der Waals surface area contributed by atoms with E-state index in [4.69, 9.17) is 4.74 Å². The smallest absolute Gasteiger partial charge is 0.408 e. The number of hydrogen-bond acceptors (Lipinski definition) is 5. The molecule has 0 bridgehead atoms. The quantitative estimate of drug-likeness (QED) is 0.466. The van der Waals surface area contributed by atoms with Crippen molar-refractivity contribution in [3.8, 4) is 5.75 Å². The van der Waals surface area contributed by atoms with Crippen molar-refractivity contribution in [1.82, 2.24) is 15.5 Å². The van der Waals surface area contributed by atoms with E-state index in [1.54, 1.807) is 37.8 Å². The summed E-state index contributed by atoms with van der Waals surface area (Å²) in [6.07, 6.45) is 0.224. The number of carbonyl (C=O) groups excluding carboxylic acids is 3. The first kappa shape index (κ1) is 28.0. The third-order valence-electron chi connectivity index (χ3n) is 6.12. The third-order valence-corrected chi connectivity index (χ3v) is 6.12. The number of hydrogen-bond donors (Lipinski definition) is 3. The molecule has 0 saturated heterocycles. The van der Waals surface area contributed by atoms with Crippen LogP contribution in [0.4, 0.5) is 4.79 Å². The van der Waals surface area contributed by atoms with Crippen molar-refractivity contribution in [2.24, 2.45) is 5.92 Å². The van der Waals surface area contributed by atoms with Crippen LogP contribution in [0.25, 0.3) is 0 Å². The molecule has 1 saturated carbocycles. The van der Waals surface area contributed by atoms with Crippen LogP contribution in [-0.2, 0) is 20.7 Å². The van der Waals surface area contributed by atoms with Crippen LogP contribution >= 0.6 is 0 Å². The molecule has 8 nitrogen and oxygen atoms in total. The molecule has 200 valence electrons.